The lowest BCUT2D eigenvalue weighted by Gasteiger charge is -2.18. The number of aromatic amines is 1. The predicted octanol–water partition coefficient (Wildman–Crippen LogP) is 1.85. The van der Waals surface area contributed by atoms with Gasteiger partial charge in [-0.2, -0.15) is 10.2 Å². The van der Waals surface area contributed by atoms with Gasteiger partial charge in [0.2, 0.25) is 0 Å². The highest BCUT2D eigenvalue weighted by Gasteiger charge is 2.15. The first-order valence-electron chi connectivity index (χ1n) is 8.35. The number of fused-ring (bicyclic) bond motifs is 2. The number of aromatic nitrogens is 2. The minimum atomic E-state index is -0.514. The van der Waals surface area contributed by atoms with Crippen molar-refractivity contribution in [2.45, 2.75) is 6.92 Å². The zero-order valence-corrected chi connectivity index (χ0v) is 14.5. The minimum Gasteiger partial charge on any atom is -0.486 e. The summed E-state index contributed by atoms with van der Waals surface area (Å²) in [6.45, 7) is 2.79. The summed E-state index contributed by atoms with van der Waals surface area (Å²) in [5, 5.41) is 11.2. The van der Waals surface area contributed by atoms with Crippen molar-refractivity contribution in [1.82, 2.24) is 15.6 Å². The molecule has 1 aliphatic rings. The molecule has 0 saturated carbocycles. The number of amides is 1. The van der Waals surface area contributed by atoms with Crippen LogP contribution in [-0.4, -0.2) is 35.0 Å². The van der Waals surface area contributed by atoms with Gasteiger partial charge in [0.25, 0.3) is 11.5 Å². The molecule has 2 aromatic carbocycles. The largest absolute Gasteiger partial charge is 0.486 e. The number of ether oxygens (including phenoxy) is 2. The van der Waals surface area contributed by atoms with Gasteiger partial charge in [0.1, 0.15) is 13.2 Å². The number of rotatable bonds is 3. The Morgan fingerprint density at radius 1 is 1.11 bits per heavy atom. The zero-order chi connectivity index (χ0) is 18.8. The molecule has 1 aliphatic heterocycles. The molecule has 27 heavy (non-hydrogen) atoms. The van der Waals surface area contributed by atoms with E-state index in [9.17, 15) is 9.59 Å². The Morgan fingerprint density at radius 2 is 1.85 bits per heavy atom. The Labute approximate surface area is 153 Å². The van der Waals surface area contributed by atoms with Gasteiger partial charge in [-0.3, -0.25) is 9.59 Å². The topological polar surface area (TPSA) is 106 Å². The second kappa shape index (κ2) is 6.91. The van der Waals surface area contributed by atoms with E-state index in [4.69, 9.17) is 9.47 Å². The molecule has 0 aliphatic carbocycles. The van der Waals surface area contributed by atoms with Gasteiger partial charge in [-0.25, -0.2) is 10.5 Å². The Hall–Kier alpha value is -3.68. The molecule has 1 amide bonds. The first kappa shape index (κ1) is 16.8. The SMILES string of the molecule is C/C(=N/NC(=O)c1n[nH]c(=O)c2ccccc12)c1ccc2c(c1)OCCO2. The smallest absolute Gasteiger partial charge is 0.292 e. The third-order valence-corrected chi connectivity index (χ3v) is 4.20. The summed E-state index contributed by atoms with van der Waals surface area (Å²) in [7, 11) is 0. The Morgan fingerprint density at radius 3 is 2.67 bits per heavy atom. The van der Waals surface area contributed by atoms with E-state index >= 15 is 0 Å². The second-order valence-electron chi connectivity index (χ2n) is 5.94. The fraction of sp³-hybridized carbons (Fsp3) is 0.158. The number of nitrogens with one attached hydrogen (secondary N) is 2. The van der Waals surface area contributed by atoms with Crippen LogP contribution >= 0.6 is 0 Å². The van der Waals surface area contributed by atoms with Crippen LogP contribution in [-0.2, 0) is 0 Å². The Kier molecular flexibility index (Phi) is 4.29. The highest BCUT2D eigenvalue weighted by atomic mass is 16.6. The quantitative estimate of drug-likeness (QED) is 0.545. The normalized spacial score (nSPS) is 13.4. The van der Waals surface area contributed by atoms with E-state index in [0.717, 1.165) is 5.56 Å². The van der Waals surface area contributed by atoms with E-state index in [1.54, 1.807) is 31.2 Å². The summed E-state index contributed by atoms with van der Waals surface area (Å²) in [5.41, 5.74) is 3.62. The van der Waals surface area contributed by atoms with E-state index in [1.165, 1.54) is 0 Å². The molecular formula is C19H16N4O4. The van der Waals surface area contributed by atoms with Crippen LogP contribution in [0.25, 0.3) is 10.8 Å². The molecule has 4 rings (SSSR count). The number of H-pyrrole nitrogens is 1. The van der Waals surface area contributed by atoms with E-state index in [2.05, 4.69) is 20.7 Å². The van der Waals surface area contributed by atoms with Gasteiger partial charge in [-0.05, 0) is 31.2 Å². The minimum absolute atomic E-state index is 0.101. The molecule has 8 heteroatoms. The lowest BCUT2D eigenvalue weighted by Crippen LogP contribution is -2.23. The summed E-state index contributed by atoms with van der Waals surface area (Å²) in [5.74, 6) is 0.818. The molecule has 2 N–H and O–H groups in total. The van der Waals surface area contributed by atoms with Crippen molar-refractivity contribution in [1.29, 1.82) is 0 Å². The summed E-state index contributed by atoms with van der Waals surface area (Å²) >= 11 is 0. The number of nitrogens with zero attached hydrogens (tertiary/aromatic N) is 2. The predicted molar refractivity (Wildman–Crippen MR) is 99.5 cm³/mol. The fourth-order valence-electron chi connectivity index (χ4n) is 2.81. The lowest BCUT2D eigenvalue weighted by molar-refractivity contribution is 0.0950. The highest BCUT2D eigenvalue weighted by Crippen LogP contribution is 2.30. The second-order valence-corrected chi connectivity index (χ2v) is 5.94. The number of carbonyl (C=O) groups excluding carboxylic acids is 1. The van der Waals surface area contributed by atoms with Gasteiger partial charge in [0.15, 0.2) is 17.2 Å². The van der Waals surface area contributed by atoms with Gasteiger partial charge < -0.3 is 9.47 Å². The monoisotopic (exact) mass is 364 g/mol. The van der Waals surface area contributed by atoms with Crippen LogP contribution in [0.1, 0.15) is 23.0 Å². The molecule has 0 bridgehead atoms. The van der Waals surface area contributed by atoms with Crippen molar-refractivity contribution in [3.63, 3.8) is 0 Å². The van der Waals surface area contributed by atoms with Gasteiger partial charge in [-0.1, -0.05) is 18.2 Å². The van der Waals surface area contributed by atoms with E-state index in [1.807, 2.05) is 18.2 Å². The standard InChI is InChI=1S/C19H16N4O4/c1-11(12-6-7-15-16(10-12)27-9-8-26-15)20-23-19(25)17-13-4-2-3-5-14(13)18(24)22-21-17/h2-7,10H,8-9H2,1H3,(H,22,24)(H,23,25)/b20-11-. The fourth-order valence-corrected chi connectivity index (χ4v) is 2.81. The summed E-state index contributed by atoms with van der Waals surface area (Å²) in [6.07, 6.45) is 0. The molecular weight excluding hydrogens is 348 g/mol. The molecule has 3 aromatic rings. The first-order chi connectivity index (χ1) is 13.1. The van der Waals surface area contributed by atoms with Gasteiger partial charge in [-0.15, -0.1) is 0 Å². The molecule has 0 radical (unpaired) electrons. The number of carbonyl (C=O) groups is 1. The maximum atomic E-state index is 12.5. The zero-order valence-electron chi connectivity index (χ0n) is 14.5. The van der Waals surface area contributed by atoms with Crippen LogP contribution in [0.3, 0.4) is 0 Å². The number of hydrogen-bond acceptors (Lipinski definition) is 6. The van der Waals surface area contributed by atoms with Gasteiger partial charge in [0.05, 0.1) is 11.1 Å². The van der Waals surface area contributed by atoms with E-state index in [-0.39, 0.29) is 11.3 Å². The molecule has 136 valence electrons. The third-order valence-electron chi connectivity index (χ3n) is 4.20. The van der Waals surface area contributed by atoms with Crippen molar-refractivity contribution in [3.05, 3.63) is 64.1 Å². The van der Waals surface area contributed by atoms with Crippen molar-refractivity contribution in [3.8, 4) is 11.5 Å². The average molecular weight is 364 g/mol. The van der Waals surface area contributed by atoms with Crippen LogP contribution in [0.4, 0.5) is 0 Å². The van der Waals surface area contributed by atoms with Crippen LogP contribution in [0, 0.1) is 0 Å². The van der Waals surface area contributed by atoms with E-state index < -0.39 is 5.91 Å². The van der Waals surface area contributed by atoms with Crippen molar-refractivity contribution in [2.24, 2.45) is 5.10 Å². The first-order valence-corrected chi connectivity index (χ1v) is 8.35. The maximum Gasteiger partial charge on any atom is 0.292 e. The van der Waals surface area contributed by atoms with E-state index in [0.29, 0.717) is 41.2 Å². The molecule has 0 spiro atoms. The van der Waals surface area contributed by atoms with Crippen molar-refractivity contribution < 1.29 is 14.3 Å². The summed E-state index contributed by atoms with van der Waals surface area (Å²) in [6, 6.07) is 12.2. The molecule has 1 aromatic heterocycles. The van der Waals surface area contributed by atoms with Crippen molar-refractivity contribution in [2.75, 3.05) is 13.2 Å². The van der Waals surface area contributed by atoms with Crippen LogP contribution in [0.2, 0.25) is 0 Å². The number of hydrazone groups is 1. The molecule has 0 atom stereocenters. The average Bonchev–Trinajstić information content (AvgIpc) is 2.72. The Bertz CT molecular complexity index is 1120. The molecule has 8 nitrogen and oxygen atoms in total. The maximum absolute atomic E-state index is 12.5. The van der Waals surface area contributed by atoms with Crippen LogP contribution in [0.15, 0.2) is 52.4 Å². The van der Waals surface area contributed by atoms with Crippen LogP contribution in [0.5, 0.6) is 11.5 Å². The lowest BCUT2D eigenvalue weighted by atomic mass is 10.1. The highest BCUT2D eigenvalue weighted by molar-refractivity contribution is 6.06. The molecule has 0 unspecified atom stereocenters. The number of benzene rings is 2. The van der Waals surface area contributed by atoms with Gasteiger partial charge in [0, 0.05) is 10.9 Å². The third kappa shape index (κ3) is 3.24. The Balaban J connectivity index is 1.59. The van der Waals surface area contributed by atoms with Crippen LogP contribution < -0.4 is 20.5 Å². The molecule has 0 fully saturated rings. The summed E-state index contributed by atoms with van der Waals surface area (Å²) in [4.78, 5) is 24.3. The van der Waals surface area contributed by atoms with Crippen molar-refractivity contribution >= 4 is 22.4 Å². The molecule has 2 heterocycles. The number of hydrogen-bond donors (Lipinski definition) is 2. The van der Waals surface area contributed by atoms with Gasteiger partial charge >= 0.3 is 0 Å². The molecule has 0 saturated heterocycles. The summed E-state index contributed by atoms with van der Waals surface area (Å²) < 4.78 is 11.1.